The van der Waals surface area contributed by atoms with Gasteiger partial charge in [-0.1, -0.05) is 30.3 Å². The van der Waals surface area contributed by atoms with Crippen LogP contribution in [0, 0.1) is 0 Å². The number of hydrogen-bond acceptors (Lipinski definition) is 2. The molecule has 1 aromatic carbocycles. The summed E-state index contributed by atoms with van der Waals surface area (Å²) in [6, 6.07) is 8.38. The minimum Gasteiger partial charge on any atom is -0.481 e. The zero-order chi connectivity index (χ0) is 13.5. The molecule has 0 spiro atoms. The first-order valence-corrected chi connectivity index (χ1v) is 6.66. The van der Waals surface area contributed by atoms with Crippen molar-refractivity contribution in [3.05, 3.63) is 53.9 Å². The van der Waals surface area contributed by atoms with E-state index < -0.39 is 5.97 Å². The number of hydrogen-bond donors (Lipinski definition) is 1. The first-order valence-electron chi connectivity index (χ1n) is 6.66. The molecule has 0 radical (unpaired) electrons. The van der Waals surface area contributed by atoms with Crippen molar-refractivity contribution in [1.82, 2.24) is 4.90 Å². The van der Waals surface area contributed by atoms with E-state index in [0.29, 0.717) is 0 Å². The lowest BCUT2D eigenvalue weighted by molar-refractivity contribution is -0.137. The highest BCUT2D eigenvalue weighted by molar-refractivity contribution is 5.66. The first kappa shape index (κ1) is 13.4. The van der Waals surface area contributed by atoms with Gasteiger partial charge in [-0.05, 0) is 42.7 Å². The van der Waals surface area contributed by atoms with Crippen LogP contribution in [0.2, 0.25) is 0 Å². The third-order valence-corrected chi connectivity index (χ3v) is 3.16. The SMILES string of the molecule is O=C(O)CCCCC=CN1C=Cc2ccccc2C1. The third kappa shape index (κ3) is 4.28. The molecule has 0 unspecified atom stereocenters. The van der Waals surface area contributed by atoms with E-state index in [1.54, 1.807) is 0 Å². The zero-order valence-electron chi connectivity index (χ0n) is 11.0. The van der Waals surface area contributed by atoms with E-state index in [4.69, 9.17) is 5.11 Å². The van der Waals surface area contributed by atoms with Gasteiger partial charge in [-0.3, -0.25) is 4.79 Å². The molecule has 100 valence electrons. The molecule has 0 atom stereocenters. The quantitative estimate of drug-likeness (QED) is 0.791. The van der Waals surface area contributed by atoms with Crippen LogP contribution in [-0.4, -0.2) is 16.0 Å². The number of allylic oxidation sites excluding steroid dienone is 1. The van der Waals surface area contributed by atoms with Crippen LogP contribution in [0.3, 0.4) is 0 Å². The van der Waals surface area contributed by atoms with Crippen LogP contribution in [0.25, 0.3) is 6.08 Å². The van der Waals surface area contributed by atoms with E-state index in [0.717, 1.165) is 25.8 Å². The lowest BCUT2D eigenvalue weighted by Crippen LogP contribution is -2.13. The Balaban J connectivity index is 1.75. The lowest BCUT2D eigenvalue weighted by atomic mass is 10.0. The van der Waals surface area contributed by atoms with Gasteiger partial charge in [0.15, 0.2) is 0 Å². The number of carbonyl (C=O) groups is 1. The topological polar surface area (TPSA) is 40.5 Å². The van der Waals surface area contributed by atoms with Crippen molar-refractivity contribution in [1.29, 1.82) is 0 Å². The molecule has 0 fully saturated rings. The van der Waals surface area contributed by atoms with Crippen LogP contribution in [0.4, 0.5) is 0 Å². The Labute approximate surface area is 113 Å². The Bertz CT molecular complexity index is 491. The highest BCUT2D eigenvalue weighted by Crippen LogP contribution is 2.19. The molecular weight excluding hydrogens is 238 g/mol. The van der Waals surface area contributed by atoms with E-state index >= 15 is 0 Å². The van der Waals surface area contributed by atoms with Crippen molar-refractivity contribution < 1.29 is 9.90 Å². The Morgan fingerprint density at radius 2 is 2.16 bits per heavy atom. The average Bonchev–Trinajstić information content (AvgIpc) is 2.42. The summed E-state index contributed by atoms with van der Waals surface area (Å²) in [6.45, 7) is 0.901. The number of benzene rings is 1. The van der Waals surface area contributed by atoms with E-state index in [-0.39, 0.29) is 6.42 Å². The molecule has 0 saturated heterocycles. The minimum atomic E-state index is -0.709. The zero-order valence-corrected chi connectivity index (χ0v) is 11.0. The summed E-state index contributed by atoms with van der Waals surface area (Å²) < 4.78 is 0. The summed E-state index contributed by atoms with van der Waals surface area (Å²) in [4.78, 5) is 12.5. The van der Waals surface area contributed by atoms with Gasteiger partial charge in [0.25, 0.3) is 0 Å². The van der Waals surface area contributed by atoms with Gasteiger partial charge in [0, 0.05) is 19.2 Å². The summed E-state index contributed by atoms with van der Waals surface area (Å²) in [7, 11) is 0. The normalized spacial score (nSPS) is 13.8. The van der Waals surface area contributed by atoms with Gasteiger partial charge in [-0.2, -0.15) is 0 Å². The summed E-state index contributed by atoms with van der Waals surface area (Å²) in [5.74, 6) is -0.709. The number of carboxylic acid groups (broad SMARTS) is 1. The molecule has 1 aliphatic heterocycles. The average molecular weight is 257 g/mol. The molecule has 0 aromatic heterocycles. The van der Waals surface area contributed by atoms with Crippen LogP contribution in [0.5, 0.6) is 0 Å². The molecule has 0 aliphatic carbocycles. The summed E-state index contributed by atoms with van der Waals surface area (Å²) in [6.07, 6.45) is 11.3. The molecule has 19 heavy (non-hydrogen) atoms. The number of aliphatic carboxylic acids is 1. The molecular formula is C16H19NO2. The standard InChI is InChI=1S/C16H19NO2/c18-16(19)9-3-1-2-6-11-17-12-10-14-7-4-5-8-15(14)13-17/h4-8,10-12H,1-3,9,13H2,(H,18,19). The summed E-state index contributed by atoms with van der Waals surface area (Å²) >= 11 is 0. The largest absolute Gasteiger partial charge is 0.481 e. The van der Waals surface area contributed by atoms with E-state index in [2.05, 4.69) is 53.7 Å². The number of fused-ring (bicyclic) bond motifs is 1. The number of rotatable bonds is 6. The Morgan fingerprint density at radius 1 is 1.32 bits per heavy atom. The fraction of sp³-hybridized carbons (Fsp3) is 0.312. The molecule has 0 amide bonds. The van der Waals surface area contributed by atoms with Gasteiger partial charge in [-0.15, -0.1) is 0 Å². The molecule has 1 N–H and O–H groups in total. The van der Waals surface area contributed by atoms with Gasteiger partial charge in [0.1, 0.15) is 0 Å². The van der Waals surface area contributed by atoms with Crippen LogP contribution in [0.1, 0.15) is 36.8 Å². The van der Waals surface area contributed by atoms with Crippen LogP contribution in [0.15, 0.2) is 42.7 Å². The van der Waals surface area contributed by atoms with Gasteiger partial charge in [-0.25, -0.2) is 0 Å². The molecule has 2 rings (SSSR count). The maximum absolute atomic E-state index is 10.4. The van der Waals surface area contributed by atoms with Crippen LogP contribution >= 0.6 is 0 Å². The second-order valence-corrected chi connectivity index (χ2v) is 4.71. The lowest BCUT2D eigenvalue weighted by Gasteiger charge is -2.21. The summed E-state index contributed by atoms with van der Waals surface area (Å²) in [5, 5.41) is 8.53. The van der Waals surface area contributed by atoms with E-state index in [9.17, 15) is 4.79 Å². The Kier molecular flexibility index (Phi) is 4.78. The van der Waals surface area contributed by atoms with Gasteiger partial charge in [0.2, 0.25) is 0 Å². The van der Waals surface area contributed by atoms with E-state index in [1.165, 1.54) is 11.1 Å². The van der Waals surface area contributed by atoms with Crippen molar-refractivity contribution in [2.75, 3.05) is 0 Å². The Hall–Kier alpha value is -2.03. The molecule has 3 nitrogen and oxygen atoms in total. The fourth-order valence-corrected chi connectivity index (χ4v) is 2.12. The van der Waals surface area contributed by atoms with Crippen LogP contribution < -0.4 is 0 Å². The predicted octanol–water partition coefficient (Wildman–Crippen LogP) is 3.63. The molecule has 1 aliphatic rings. The fourth-order valence-electron chi connectivity index (χ4n) is 2.12. The second-order valence-electron chi connectivity index (χ2n) is 4.71. The second kappa shape index (κ2) is 6.78. The smallest absolute Gasteiger partial charge is 0.303 e. The maximum Gasteiger partial charge on any atom is 0.303 e. The third-order valence-electron chi connectivity index (χ3n) is 3.16. The number of nitrogens with zero attached hydrogens (tertiary/aromatic N) is 1. The first-order chi connectivity index (χ1) is 9.25. The maximum atomic E-state index is 10.4. The Morgan fingerprint density at radius 3 is 3.00 bits per heavy atom. The molecule has 0 bridgehead atoms. The van der Waals surface area contributed by atoms with Gasteiger partial charge >= 0.3 is 5.97 Å². The summed E-state index contributed by atoms with van der Waals surface area (Å²) in [5.41, 5.74) is 2.62. The van der Waals surface area contributed by atoms with Gasteiger partial charge < -0.3 is 10.0 Å². The van der Waals surface area contributed by atoms with Crippen molar-refractivity contribution in [2.24, 2.45) is 0 Å². The van der Waals surface area contributed by atoms with Crippen molar-refractivity contribution in [3.8, 4) is 0 Å². The van der Waals surface area contributed by atoms with Gasteiger partial charge in [0.05, 0.1) is 0 Å². The van der Waals surface area contributed by atoms with Crippen molar-refractivity contribution >= 4 is 12.0 Å². The highest BCUT2D eigenvalue weighted by atomic mass is 16.4. The molecule has 0 saturated carbocycles. The molecule has 1 aromatic rings. The van der Waals surface area contributed by atoms with Crippen LogP contribution in [-0.2, 0) is 11.3 Å². The van der Waals surface area contributed by atoms with E-state index in [1.807, 2.05) is 0 Å². The monoisotopic (exact) mass is 257 g/mol. The number of carboxylic acids is 1. The van der Waals surface area contributed by atoms with Crippen molar-refractivity contribution in [2.45, 2.75) is 32.2 Å². The predicted molar refractivity (Wildman–Crippen MR) is 76.3 cm³/mol. The molecule has 1 heterocycles. The highest BCUT2D eigenvalue weighted by Gasteiger charge is 2.06. The molecule has 3 heteroatoms. The van der Waals surface area contributed by atoms with Crippen molar-refractivity contribution in [3.63, 3.8) is 0 Å². The minimum absolute atomic E-state index is 0.269. The number of unbranched alkanes of at least 4 members (excludes halogenated alkanes) is 2.